The number of likely N-dealkylation sites (tertiary alicyclic amines) is 1. The molecule has 0 aromatic carbocycles. The molecule has 3 fully saturated rings. The van der Waals surface area contributed by atoms with Crippen molar-refractivity contribution in [3.05, 3.63) is 0 Å². The highest BCUT2D eigenvalue weighted by atomic mass is 16.3. The lowest BCUT2D eigenvalue weighted by Gasteiger charge is -2.44. The summed E-state index contributed by atoms with van der Waals surface area (Å²) in [5, 5.41) is 13.7. The molecule has 3 atom stereocenters. The van der Waals surface area contributed by atoms with Crippen LogP contribution < -0.4 is 5.32 Å². The number of hydrogen-bond donors (Lipinski definition) is 2. The number of rotatable bonds is 6. The Bertz CT molecular complexity index is 347. The van der Waals surface area contributed by atoms with E-state index in [1.807, 2.05) is 0 Å². The van der Waals surface area contributed by atoms with E-state index in [0.29, 0.717) is 18.7 Å². The van der Waals surface area contributed by atoms with Crippen molar-refractivity contribution in [3.8, 4) is 0 Å². The standard InChI is InChI=1S/C17H33N3O/c1-19-10-4-6-16(19)12-20(2)15-5-3-9-17(11-15,13-21)18-14-7-8-14/h14-16,18,21H,3-13H2,1-2H3. The zero-order chi connectivity index (χ0) is 14.9. The smallest absolute Gasteiger partial charge is 0.0613 e. The van der Waals surface area contributed by atoms with Crippen LogP contribution in [0.5, 0.6) is 0 Å². The maximum absolute atomic E-state index is 9.95. The molecule has 1 heterocycles. The highest BCUT2D eigenvalue weighted by Gasteiger charge is 2.41. The number of aliphatic hydroxyl groups is 1. The molecule has 0 radical (unpaired) electrons. The van der Waals surface area contributed by atoms with Crippen LogP contribution in [0.1, 0.15) is 51.4 Å². The van der Waals surface area contributed by atoms with Gasteiger partial charge in [-0.1, -0.05) is 0 Å². The molecular weight excluding hydrogens is 262 g/mol. The fourth-order valence-electron chi connectivity index (χ4n) is 4.38. The maximum Gasteiger partial charge on any atom is 0.0613 e. The van der Waals surface area contributed by atoms with Crippen LogP contribution >= 0.6 is 0 Å². The molecule has 1 aliphatic heterocycles. The fraction of sp³-hybridized carbons (Fsp3) is 1.00. The average Bonchev–Trinajstić information content (AvgIpc) is 3.21. The van der Waals surface area contributed by atoms with Crippen LogP contribution in [-0.2, 0) is 0 Å². The lowest BCUT2D eigenvalue weighted by molar-refractivity contribution is 0.0600. The molecule has 0 amide bonds. The van der Waals surface area contributed by atoms with Gasteiger partial charge < -0.3 is 20.2 Å². The zero-order valence-electron chi connectivity index (χ0n) is 13.9. The van der Waals surface area contributed by atoms with Gasteiger partial charge in [0.1, 0.15) is 0 Å². The molecule has 0 bridgehead atoms. The largest absolute Gasteiger partial charge is 0.394 e. The molecule has 2 saturated carbocycles. The molecule has 122 valence electrons. The molecule has 2 aliphatic carbocycles. The molecule has 0 aromatic heterocycles. The van der Waals surface area contributed by atoms with Gasteiger partial charge in [-0.2, -0.15) is 0 Å². The number of aliphatic hydroxyl groups excluding tert-OH is 1. The van der Waals surface area contributed by atoms with E-state index in [4.69, 9.17) is 0 Å². The molecule has 3 unspecified atom stereocenters. The van der Waals surface area contributed by atoms with Gasteiger partial charge in [-0.3, -0.25) is 0 Å². The molecular formula is C17H33N3O. The number of nitrogens with one attached hydrogen (secondary N) is 1. The van der Waals surface area contributed by atoms with Gasteiger partial charge in [0.2, 0.25) is 0 Å². The quantitative estimate of drug-likeness (QED) is 0.778. The first kappa shape index (κ1) is 15.7. The van der Waals surface area contributed by atoms with Gasteiger partial charge in [-0.15, -0.1) is 0 Å². The fourth-order valence-corrected chi connectivity index (χ4v) is 4.38. The Morgan fingerprint density at radius 3 is 2.67 bits per heavy atom. The van der Waals surface area contributed by atoms with Gasteiger partial charge in [0.25, 0.3) is 0 Å². The summed E-state index contributed by atoms with van der Waals surface area (Å²) in [5.41, 5.74) is -0.0000783. The molecule has 21 heavy (non-hydrogen) atoms. The topological polar surface area (TPSA) is 38.7 Å². The average molecular weight is 295 g/mol. The van der Waals surface area contributed by atoms with Crippen LogP contribution in [-0.4, -0.2) is 72.4 Å². The van der Waals surface area contributed by atoms with E-state index in [1.165, 1.54) is 51.6 Å². The van der Waals surface area contributed by atoms with Gasteiger partial charge in [0.05, 0.1) is 6.61 Å². The van der Waals surface area contributed by atoms with Crippen molar-refractivity contribution in [3.63, 3.8) is 0 Å². The summed E-state index contributed by atoms with van der Waals surface area (Å²) < 4.78 is 0. The number of hydrogen-bond acceptors (Lipinski definition) is 4. The van der Waals surface area contributed by atoms with Crippen LogP contribution in [0.4, 0.5) is 0 Å². The Balaban J connectivity index is 1.56. The highest BCUT2D eigenvalue weighted by Crippen LogP contribution is 2.34. The normalized spacial score (nSPS) is 38.3. The third-order valence-corrected chi connectivity index (χ3v) is 6.00. The van der Waals surface area contributed by atoms with E-state index in [0.717, 1.165) is 18.9 Å². The summed E-state index contributed by atoms with van der Waals surface area (Å²) in [4.78, 5) is 5.09. The second-order valence-electron chi connectivity index (χ2n) is 7.82. The highest BCUT2D eigenvalue weighted by molar-refractivity contribution is 5.00. The first-order chi connectivity index (χ1) is 10.1. The number of likely N-dealkylation sites (N-methyl/N-ethyl adjacent to an activating group) is 2. The molecule has 0 aromatic rings. The van der Waals surface area contributed by atoms with E-state index < -0.39 is 0 Å². The van der Waals surface area contributed by atoms with Crippen LogP contribution in [0.15, 0.2) is 0 Å². The monoisotopic (exact) mass is 295 g/mol. The Kier molecular flexibility index (Phi) is 4.89. The molecule has 3 rings (SSSR count). The lowest BCUT2D eigenvalue weighted by Crippen LogP contribution is -2.56. The van der Waals surface area contributed by atoms with Crippen LogP contribution in [0.2, 0.25) is 0 Å². The van der Waals surface area contributed by atoms with Crippen molar-refractivity contribution < 1.29 is 5.11 Å². The Morgan fingerprint density at radius 2 is 2.05 bits per heavy atom. The van der Waals surface area contributed by atoms with E-state index in [2.05, 4.69) is 29.2 Å². The van der Waals surface area contributed by atoms with Crippen LogP contribution in [0.25, 0.3) is 0 Å². The van der Waals surface area contributed by atoms with Crippen LogP contribution in [0.3, 0.4) is 0 Å². The van der Waals surface area contributed by atoms with Gasteiger partial charge in [-0.25, -0.2) is 0 Å². The minimum Gasteiger partial charge on any atom is -0.394 e. The van der Waals surface area contributed by atoms with Crippen molar-refractivity contribution in [1.82, 2.24) is 15.1 Å². The summed E-state index contributed by atoms with van der Waals surface area (Å²) in [6, 6.07) is 2.05. The summed E-state index contributed by atoms with van der Waals surface area (Å²) >= 11 is 0. The lowest BCUT2D eigenvalue weighted by atomic mass is 9.78. The van der Waals surface area contributed by atoms with Gasteiger partial charge in [0, 0.05) is 30.2 Å². The first-order valence-corrected chi connectivity index (χ1v) is 8.91. The number of nitrogens with zero attached hydrogens (tertiary/aromatic N) is 2. The zero-order valence-corrected chi connectivity index (χ0v) is 13.9. The second-order valence-corrected chi connectivity index (χ2v) is 7.82. The third kappa shape index (κ3) is 3.79. The molecule has 4 heteroatoms. The summed E-state index contributed by atoms with van der Waals surface area (Å²) in [7, 11) is 4.56. The third-order valence-electron chi connectivity index (χ3n) is 6.00. The van der Waals surface area contributed by atoms with Crippen molar-refractivity contribution in [2.24, 2.45) is 0 Å². The Morgan fingerprint density at radius 1 is 1.24 bits per heavy atom. The summed E-state index contributed by atoms with van der Waals surface area (Å²) in [6.45, 7) is 2.75. The van der Waals surface area contributed by atoms with E-state index >= 15 is 0 Å². The molecule has 3 aliphatic rings. The van der Waals surface area contributed by atoms with Crippen molar-refractivity contribution >= 4 is 0 Å². The van der Waals surface area contributed by atoms with Crippen molar-refractivity contribution in [1.29, 1.82) is 0 Å². The van der Waals surface area contributed by atoms with Gasteiger partial charge >= 0.3 is 0 Å². The Hall–Kier alpha value is -0.160. The molecule has 0 spiro atoms. The predicted octanol–water partition coefficient (Wildman–Crippen LogP) is 1.44. The molecule has 2 N–H and O–H groups in total. The minimum atomic E-state index is -0.0000783. The maximum atomic E-state index is 9.95. The van der Waals surface area contributed by atoms with E-state index in [-0.39, 0.29) is 5.54 Å². The predicted molar refractivity (Wildman–Crippen MR) is 86.5 cm³/mol. The van der Waals surface area contributed by atoms with Crippen LogP contribution in [0, 0.1) is 0 Å². The van der Waals surface area contributed by atoms with Gasteiger partial charge in [0.15, 0.2) is 0 Å². The van der Waals surface area contributed by atoms with E-state index in [1.54, 1.807) is 0 Å². The molecule has 4 nitrogen and oxygen atoms in total. The van der Waals surface area contributed by atoms with Gasteiger partial charge in [-0.05, 0) is 72.0 Å². The summed E-state index contributed by atoms with van der Waals surface area (Å²) in [5.74, 6) is 0. The first-order valence-electron chi connectivity index (χ1n) is 8.91. The van der Waals surface area contributed by atoms with Crippen molar-refractivity contribution in [2.75, 3.05) is 33.8 Å². The summed E-state index contributed by atoms with van der Waals surface area (Å²) in [6.07, 6.45) is 10.1. The minimum absolute atomic E-state index is 0.0000783. The second kappa shape index (κ2) is 6.53. The Labute approximate surface area is 129 Å². The van der Waals surface area contributed by atoms with E-state index in [9.17, 15) is 5.11 Å². The molecule has 1 saturated heterocycles. The van der Waals surface area contributed by atoms with Crippen molar-refractivity contribution in [2.45, 2.75) is 75.0 Å². The SMILES string of the molecule is CN1CCCC1CN(C)C1CCCC(CO)(NC2CC2)C1.